The van der Waals surface area contributed by atoms with Gasteiger partial charge in [-0.25, -0.2) is 4.98 Å². The van der Waals surface area contributed by atoms with Gasteiger partial charge in [-0.1, -0.05) is 6.92 Å². The third-order valence-electron chi connectivity index (χ3n) is 4.97. The maximum absolute atomic E-state index is 12.9. The van der Waals surface area contributed by atoms with Crippen molar-refractivity contribution in [3.8, 4) is 0 Å². The number of methoxy groups -OCH3 is 1. The Balaban J connectivity index is 1.60. The van der Waals surface area contributed by atoms with Crippen LogP contribution in [0.4, 0.5) is 0 Å². The summed E-state index contributed by atoms with van der Waals surface area (Å²) in [5.41, 5.74) is 0. The average molecular weight is 345 g/mol. The van der Waals surface area contributed by atoms with Crippen LogP contribution in [-0.2, 0) is 16.1 Å². The van der Waals surface area contributed by atoms with Crippen LogP contribution in [0, 0.1) is 0 Å². The van der Waals surface area contributed by atoms with E-state index in [0.717, 1.165) is 44.7 Å². The second kappa shape index (κ2) is 8.29. The van der Waals surface area contributed by atoms with Gasteiger partial charge >= 0.3 is 0 Å². The Labute approximate surface area is 148 Å². The second-order valence-corrected chi connectivity index (χ2v) is 6.48. The van der Waals surface area contributed by atoms with Crippen molar-refractivity contribution in [2.24, 2.45) is 0 Å². The Bertz CT molecular complexity index is 659. The van der Waals surface area contributed by atoms with E-state index in [9.17, 15) is 4.79 Å². The molecule has 7 nitrogen and oxygen atoms in total. The van der Waals surface area contributed by atoms with Crippen molar-refractivity contribution < 1.29 is 9.53 Å². The van der Waals surface area contributed by atoms with Crippen LogP contribution in [0.1, 0.15) is 44.0 Å². The number of carbonyl (C=O) groups excluding carboxylic acids is 1. The quantitative estimate of drug-likeness (QED) is 0.771. The van der Waals surface area contributed by atoms with Crippen molar-refractivity contribution in [1.29, 1.82) is 0 Å². The van der Waals surface area contributed by atoms with Crippen LogP contribution in [0.3, 0.4) is 0 Å². The largest absolute Gasteiger partial charge is 0.383 e. The molecule has 2 aromatic rings. The molecule has 1 aliphatic rings. The van der Waals surface area contributed by atoms with Crippen LogP contribution >= 0.6 is 0 Å². The zero-order valence-electron chi connectivity index (χ0n) is 15.0. The molecular formula is C18H27N5O2. The summed E-state index contributed by atoms with van der Waals surface area (Å²) in [6, 6.07) is 1.66. The van der Waals surface area contributed by atoms with Crippen LogP contribution < -0.4 is 0 Å². The molecule has 0 radical (unpaired) electrons. The lowest BCUT2D eigenvalue weighted by molar-refractivity contribution is -0.136. The SMILES string of the molecule is CC[C@@H](C(=O)N1CCC(c2nccn2CCOC)CC1)n1cccn1. The minimum atomic E-state index is -0.199. The molecule has 1 atom stereocenters. The lowest BCUT2D eigenvalue weighted by atomic mass is 9.95. The molecule has 3 heterocycles. The molecule has 0 unspecified atom stereocenters. The van der Waals surface area contributed by atoms with Gasteiger partial charge in [-0.2, -0.15) is 5.10 Å². The highest BCUT2D eigenvalue weighted by Crippen LogP contribution is 2.28. The highest BCUT2D eigenvalue weighted by molar-refractivity contribution is 5.80. The van der Waals surface area contributed by atoms with Gasteiger partial charge in [0.15, 0.2) is 0 Å². The molecule has 2 aromatic heterocycles. The van der Waals surface area contributed by atoms with Gasteiger partial charge in [0.2, 0.25) is 5.91 Å². The van der Waals surface area contributed by atoms with Gasteiger partial charge in [0.1, 0.15) is 11.9 Å². The van der Waals surface area contributed by atoms with Crippen LogP contribution in [0.5, 0.6) is 0 Å². The molecule has 0 aliphatic carbocycles. The molecule has 136 valence electrons. The predicted molar refractivity (Wildman–Crippen MR) is 94.2 cm³/mol. The molecule has 1 aliphatic heterocycles. The Morgan fingerprint density at radius 3 is 2.76 bits per heavy atom. The summed E-state index contributed by atoms with van der Waals surface area (Å²) >= 11 is 0. The Kier molecular flexibility index (Phi) is 5.86. The minimum Gasteiger partial charge on any atom is -0.383 e. The Hall–Kier alpha value is -2.15. The molecule has 1 fully saturated rings. The average Bonchev–Trinajstić information content (AvgIpc) is 3.32. The van der Waals surface area contributed by atoms with E-state index >= 15 is 0 Å². The van der Waals surface area contributed by atoms with Crippen LogP contribution in [0.2, 0.25) is 0 Å². The number of amides is 1. The van der Waals surface area contributed by atoms with Gasteiger partial charge in [-0.15, -0.1) is 0 Å². The first-order valence-electron chi connectivity index (χ1n) is 9.02. The Morgan fingerprint density at radius 1 is 1.32 bits per heavy atom. The molecule has 1 saturated heterocycles. The number of piperidine rings is 1. The monoisotopic (exact) mass is 345 g/mol. The topological polar surface area (TPSA) is 65.2 Å². The number of carbonyl (C=O) groups is 1. The summed E-state index contributed by atoms with van der Waals surface area (Å²) in [7, 11) is 1.71. The van der Waals surface area contributed by atoms with Gasteiger partial charge in [0, 0.05) is 57.4 Å². The van der Waals surface area contributed by atoms with Crippen molar-refractivity contribution in [2.45, 2.75) is 44.7 Å². The maximum atomic E-state index is 12.9. The van der Waals surface area contributed by atoms with E-state index in [1.54, 1.807) is 18.0 Å². The minimum absolute atomic E-state index is 0.173. The molecule has 25 heavy (non-hydrogen) atoms. The van der Waals surface area contributed by atoms with E-state index in [1.165, 1.54) is 0 Å². The molecule has 7 heteroatoms. The third kappa shape index (κ3) is 3.92. The number of nitrogens with zero attached hydrogens (tertiary/aromatic N) is 5. The van der Waals surface area contributed by atoms with E-state index in [4.69, 9.17) is 4.74 Å². The lowest BCUT2D eigenvalue weighted by Gasteiger charge is -2.34. The zero-order chi connectivity index (χ0) is 17.6. The summed E-state index contributed by atoms with van der Waals surface area (Å²) in [5, 5.41) is 4.24. The number of hydrogen-bond donors (Lipinski definition) is 0. The van der Waals surface area contributed by atoms with Gasteiger partial charge in [-0.3, -0.25) is 9.48 Å². The molecule has 0 N–H and O–H groups in total. The first-order valence-corrected chi connectivity index (χ1v) is 9.02. The van der Waals surface area contributed by atoms with Gasteiger partial charge < -0.3 is 14.2 Å². The molecule has 0 aromatic carbocycles. The standard InChI is InChI=1S/C18H27N5O2/c1-3-16(23-9-4-7-20-23)18(24)22-10-5-15(6-11-22)17-19-8-12-21(17)13-14-25-2/h4,7-9,12,15-16H,3,5-6,10-11,13-14H2,1-2H3/t16-/m0/s1. The molecule has 3 rings (SSSR count). The van der Waals surface area contributed by atoms with Crippen molar-refractivity contribution in [3.63, 3.8) is 0 Å². The molecule has 1 amide bonds. The fourth-order valence-electron chi connectivity index (χ4n) is 3.57. The van der Waals surface area contributed by atoms with Crippen molar-refractivity contribution in [3.05, 3.63) is 36.7 Å². The third-order valence-corrected chi connectivity index (χ3v) is 4.97. The summed E-state index contributed by atoms with van der Waals surface area (Å²) in [4.78, 5) is 19.4. The number of hydrogen-bond acceptors (Lipinski definition) is 4. The van der Waals surface area contributed by atoms with Crippen molar-refractivity contribution in [2.75, 3.05) is 26.8 Å². The van der Waals surface area contributed by atoms with E-state index in [0.29, 0.717) is 12.5 Å². The number of likely N-dealkylation sites (tertiary alicyclic amines) is 1. The van der Waals surface area contributed by atoms with E-state index in [1.807, 2.05) is 36.5 Å². The van der Waals surface area contributed by atoms with E-state index in [-0.39, 0.29) is 11.9 Å². The molecule has 0 bridgehead atoms. The summed E-state index contributed by atoms with van der Waals surface area (Å²) in [5.74, 6) is 1.69. The smallest absolute Gasteiger partial charge is 0.247 e. The normalized spacial score (nSPS) is 17.0. The fourth-order valence-corrected chi connectivity index (χ4v) is 3.57. The van der Waals surface area contributed by atoms with Crippen LogP contribution in [-0.4, -0.2) is 56.9 Å². The van der Waals surface area contributed by atoms with Gasteiger partial charge in [0.25, 0.3) is 0 Å². The lowest BCUT2D eigenvalue weighted by Crippen LogP contribution is -2.42. The Morgan fingerprint density at radius 2 is 2.12 bits per heavy atom. The highest BCUT2D eigenvalue weighted by atomic mass is 16.5. The number of ether oxygens (including phenoxy) is 1. The summed E-state index contributed by atoms with van der Waals surface area (Å²) in [6.45, 7) is 5.09. The van der Waals surface area contributed by atoms with E-state index < -0.39 is 0 Å². The van der Waals surface area contributed by atoms with E-state index in [2.05, 4.69) is 14.6 Å². The highest BCUT2D eigenvalue weighted by Gasteiger charge is 2.30. The number of imidazole rings is 1. The first kappa shape index (κ1) is 17.7. The molecule has 0 spiro atoms. The number of aromatic nitrogens is 4. The van der Waals surface area contributed by atoms with Crippen molar-refractivity contribution >= 4 is 5.91 Å². The molecule has 0 saturated carbocycles. The second-order valence-electron chi connectivity index (χ2n) is 6.48. The summed E-state index contributed by atoms with van der Waals surface area (Å²) < 4.78 is 9.11. The van der Waals surface area contributed by atoms with Gasteiger partial charge in [-0.05, 0) is 25.3 Å². The van der Waals surface area contributed by atoms with Crippen LogP contribution in [0.25, 0.3) is 0 Å². The maximum Gasteiger partial charge on any atom is 0.247 e. The number of rotatable bonds is 7. The summed E-state index contributed by atoms with van der Waals surface area (Å²) in [6.07, 6.45) is 10.1. The van der Waals surface area contributed by atoms with Crippen LogP contribution in [0.15, 0.2) is 30.9 Å². The molecular weight excluding hydrogens is 318 g/mol. The van der Waals surface area contributed by atoms with Crippen molar-refractivity contribution in [1.82, 2.24) is 24.2 Å². The fraction of sp³-hybridized carbons (Fsp3) is 0.611. The first-order chi connectivity index (χ1) is 12.2. The zero-order valence-corrected chi connectivity index (χ0v) is 15.0. The van der Waals surface area contributed by atoms with Gasteiger partial charge in [0.05, 0.1) is 6.61 Å². The predicted octanol–water partition coefficient (Wildman–Crippen LogP) is 2.08.